The Bertz CT molecular complexity index is 330. The predicted octanol–water partition coefficient (Wildman–Crippen LogP) is 2.79. The second-order valence-corrected chi connectivity index (χ2v) is 3.36. The van der Waals surface area contributed by atoms with Gasteiger partial charge in [-0.05, 0) is 19.4 Å². The molecule has 0 unspecified atom stereocenters. The summed E-state index contributed by atoms with van der Waals surface area (Å²) in [6.45, 7) is 1.74. The molecular weight excluding hydrogens is 223 g/mol. The molecule has 0 aliphatic rings. The van der Waals surface area contributed by atoms with Gasteiger partial charge >= 0.3 is 0 Å². The van der Waals surface area contributed by atoms with Gasteiger partial charge in [0.15, 0.2) is 0 Å². The molecule has 0 saturated carbocycles. The second kappa shape index (κ2) is 5.17. The number of aryl methyl sites for hydroxylation is 1. The molecule has 0 atom stereocenters. The Kier molecular flexibility index (Phi) is 4.17. The quantitative estimate of drug-likeness (QED) is 0.594. The normalized spacial score (nSPS) is 10.9. The second-order valence-electron chi connectivity index (χ2n) is 2.64. The van der Waals surface area contributed by atoms with E-state index in [0.29, 0.717) is 28.1 Å². The number of ether oxygens (including phenoxy) is 1. The zero-order valence-corrected chi connectivity index (χ0v) is 9.43. The lowest BCUT2D eigenvalue weighted by Crippen LogP contribution is -1.96. The van der Waals surface area contributed by atoms with E-state index < -0.39 is 0 Å². The van der Waals surface area contributed by atoms with Crippen LogP contribution < -0.4 is 0 Å². The van der Waals surface area contributed by atoms with Gasteiger partial charge in [0.1, 0.15) is 16.1 Å². The Balaban J connectivity index is 2.91. The fourth-order valence-corrected chi connectivity index (χ4v) is 1.59. The maximum absolute atomic E-state index is 5.90. The first-order valence-electron chi connectivity index (χ1n) is 4.01. The number of hydrogen-bond donors (Lipinski definition) is 0. The van der Waals surface area contributed by atoms with Crippen LogP contribution in [-0.4, -0.2) is 17.1 Å². The molecule has 1 heterocycles. The van der Waals surface area contributed by atoms with Crippen molar-refractivity contribution in [2.24, 2.45) is 0 Å². The number of hydrogen-bond acceptors (Lipinski definition) is 3. The molecule has 14 heavy (non-hydrogen) atoms. The molecule has 1 rings (SSSR count). The third-order valence-corrected chi connectivity index (χ3v) is 2.20. The molecule has 0 spiro atoms. The standard InChI is InChI=1S/C9H10Cl2N2O/c1-6-12-8(10)7(9(11)13-6)4-3-5-14-2/h3,5H,4H2,1-2H3. The van der Waals surface area contributed by atoms with Crippen molar-refractivity contribution in [3.8, 4) is 0 Å². The third kappa shape index (κ3) is 2.86. The van der Waals surface area contributed by atoms with Gasteiger partial charge in [-0.1, -0.05) is 23.2 Å². The highest BCUT2D eigenvalue weighted by Crippen LogP contribution is 2.21. The van der Waals surface area contributed by atoms with Gasteiger partial charge in [-0.25, -0.2) is 9.97 Å². The number of allylic oxidation sites excluding steroid dienone is 1. The predicted molar refractivity (Wildman–Crippen MR) is 56.6 cm³/mol. The molecule has 0 N–H and O–H groups in total. The van der Waals surface area contributed by atoms with Crippen molar-refractivity contribution in [3.05, 3.63) is 34.0 Å². The molecular formula is C9H10Cl2N2O. The van der Waals surface area contributed by atoms with Gasteiger partial charge in [0, 0.05) is 5.56 Å². The van der Waals surface area contributed by atoms with Gasteiger partial charge in [-0.3, -0.25) is 0 Å². The molecule has 0 radical (unpaired) electrons. The molecule has 76 valence electrons. The van der Waals surface area contributed by atoms with Crippen molar-refractivity contribution in [2.75, 3.05) is 7.11 Å². The molecule has 0 amide bonds. The van der Waals surface area contributed by atoms with Crippen molar-refractivity contribution >= 4 is 23.2 Å². The van der Waals surface area contributed by atoms with E-state index in [1.807, 2.05) is 0 Å². The van der Waals surface area contributed by atoms with E-state index in [9.17, 15) is 0 Å². The molecule has 0 aliphatic heterocycles. The molecule has 0 bridgehead atoms. The summed E-state index contributed by atoms with van der Waals surface area (Å²) in [5.74, 6) is 0.569. The summed E-state index contributed by atoms with van der Waals surface area (Å²) in [6, 6.07) is 0. The van der Waals surface area contributed by atoms with Crippen molar-refractivity contribution < 1.29 is 4.74 Å². The van der Waals surface area contributed by atoms with Crippen molar-refractivity contribution in [2.45, 2.75) is 13.3 Å². The van der Waals surface area contributed by atoms with E-state index in [4.69, 9.17) is 27.9 Å². The van der Waals surface area contributed by atoms with Gasteiger partial charge in [-0.15, -0.1) is 0 Å². The molecule has 1 aromatic rings. The molecule has 1 aromatic heterocycles. The minimum Gasteiger partial charge on any atom is -0.505 e. The van der Waals surface area contributed by atoms with E-state index in [-0.39, 0.29) is 0 Å². The van der Waals surface area contributed by atoms with E-state index in [0.717, 1.165) is 0 Å². The maximum Gasteiger partial charge on any atom is 0.137 e. The van der Waals surface area contributed by atoms with E-state index >= 15 is 0 Å². The summed E-state index contributed by atoms with van der Waals surface area (Å²) in [5.41, 5.74) is 0.715. The number of rotatable bonds is 3. The summed E-state index contributed by atoms with van der Waals surface area (Å²) < 4.78 is 4.76. The van der Waals surface area contributed by atoms with Gasteiger partial charge in [0.25, 0.3) is 0 Å². The monoisotopic (exact) mass is 232 g/mol. The molecule has 5 heteroatoms. The van der Waals surface area contributed by atoms with Crippen LogP contribution in [0.4, 0.5) is 0 Å². The van der Waals surface area contributed by atoms with Crippen LogP contribution in [0.1, 0.15) is 11.4 Å². The number of aromatic nitrogens is 2. The van der Waals surface area contributed by atoms with Crippen LogP contribution >= 0.6 is 23.2 Å². The van der Waals surface area contributed by atoms with Crippen LogP contribution in [0, 0.1) is 6.92 Å². The SMILES string of the molecule is COC=CCc1c(Cl)nc(C)nc1Cl. The average molecular weight is 233 g/mol. The Morgan fingerprint density at radius 2 is 1.86 bits per heavy atom. The van der Waals surface area contributed by atoms with Crippen molar-refractivity contribution in [1.82, 2.24) is 9.97 Å². The van der Waals surface area contributed by atoms with Gasteiger partial charge in [0.2, 0.25) is 0 Å². The molecule has 3 nitrogen and oxygen atoms in total. The highest BCUT2D eigenvalue weighted by Gasteiger charge is 2.07. The Morgan fingerprint density at radius 3 is 2.36 bits per heavy atom. The van der Waals surface area contributed by atoms with Gasteiger partial charge in [-0.2, -0.15) is 0 Å². The molecule has 0 saturated heterocycles. The number of nitrogens with zero attached hydrogens (tertiary/aromatic N) is 2. The first-order valence-corrected chi connectivity index (χ1v) is 4.77. The smallest absolute Gasteiger partial charge is 0.137 e. The maximum atomic E-state index is 5.90. The zero-order chi connectivity index (χ0) is 10.6. The Hall–Kier alpha value is -0.800. The number of halogens is 2. The fraction of sp³-hybridized carbons (Fsp3) is 0.333. The van der Waals surface area contributed by atoms with Crippen LogP contribution in [0.2, 0.25) is 10.3 Å². The fourth-order valence-electron chi connectivity index (χ4n) is 0.960. The molecule has 0 fully saturated rings. The average Bonchev–Trinajstić information content (AvgIpc) is 2.09. The van der Waals surface area contributed by atoms with Crippen molar-refractivity contribution in [3.63, 3.8) is 0 Å². The van der Waals surface area contributed by atoms with Gasteiger partial charge < -0.3 is 4.74 Å². The van der Waals surface area contributed by atoms with Crippen LogP contribution in [0.15, 0.2) is 12.3 Å². The topological polar surface area (TPSA) is 35.0 Å². The highest BCUT2D eigenvalue weighted by atomic mass is 35.5. The van der Waals surface area contributed by atoms with Gasteiger partial charge in [0.05, 0.1) is 13.4 Å². The van der Waals surface area contributed by atoms with E-state index in [1.165, 1.54) is 0 Å². The summed E-state index contributed by atoms with van der Waals surface area (Å²) in [7, 11) is 1.57. The summed E-state index contributed by atoms with van der Waals surface area (Å²) in [4.78, 5) is 8.02. The minimum absolute atomic E-state index is 0.392. The summed E-state index contributed by atoms with van der Waals surface area (Å²) in [6.07, 6.45) is 3.92. The lowest BCUT2D eigenvalue weighted by atomic mass is 10.2. The Morgan fingerprint density at radius 1 is 1.29 bits per heavy atom. The lowest BCUT2D eigenvalue weighted by Gasteiger charge is -2.03. The Labute approximate surface area is 92.7 Å². The summed E-state index contributed by atoms with van der Waals surface area (Å²) >= 11 is 11.8. The lowest BCUT2D eigenvalue weighted by molar-refractivity contribution is 0.337. The van der Waals surface area contributed by atoms with E-state index in [1.54, 1.807) is 26.4 Å². The molecule has 0 aromatic carbocycles. The first-order chi connectivity index (χ1) is 6.65. The largest absolute Gasteiger partial charge is 0.505 e. The number of methoxy groups -OCH3 is 1. The van der Waals surface area contributed by atoms with Crippen LogP contribution in [0.3, 0.4) is 0 Å². The first kappa shape index (κ1) is 11.3. The zero-order valence-electron chi connectivity index (χ0n) is 7.92. The third-order valence-electron chi connectivity index (χ3n) is 1.57. The van der Waals surface area contributed by atoms with Crippen molar-refractivity contribution in [1.29, 1.82) is 0 Å². The minimum atomic E-state index is 0.392. The van der Waals surface area contributed by atoms with E-state index in [2.05, 4.69) is 9.97 Å². The highest BCUT2D eigenvalue weighted by molar-refractivity contribution is 6.34. The van der Waals surface area contributed by atoms with Crippen LogP contribution in [0.5, 0.6) is 0 Å². The van der Waals surface area contributed by atoms with Crippen LogP contribution in [0.25, 0.3) is 0 Å². The summed E-state index contributed by atoms with van der Waals surface area (Å²) in [5, 5.41) is 0.784. The molecule has 0 aliphatic carbocycles. The van der Waals surface area contributed by atoms with Crippen LogP contribution in [-0.2, 0) is 11.2 Å².